The van der Waals surface area contributed by atoms with Crippen molar-refractivity contribution in [2.45, 2.75) is 0 Å². The normalized spacial score (nSPS) is 11.8. The van der Waals surface area contributed by atoms with E-state index >= 15 is 0 Å². The molecule has 0 aromatic heterocycles. The number of fused-ring (bicyclic) bond motifs is 8. The molecule has 0 nitrogen and oxygen atoms in total. The third-order valence-corrected chi connectivity index (χ3v) is 10.2. The topological polar surface area (TPSA) is 0 Å². The molecule has 0 spiro atoms. The van der Waals surface area contributed by atoms with Crippen molar-refractivity contribution in [1.29, 1.82) is 0 Å². The lowest BCUT2D eigenvalue weighted by atomic mass is 9.87. The van der Waals surface area contributed by atoms with Crippen molar-refractivity contribution in [3.8, 4) is 33.4 Å². The van der Waals surface area contributed by atoms with E-state index in [1.807, 2.05) is 0 Å². The molecule has 0 unspecified atom stereocenters. The fourth-order valence-corrected chi connectivity index (χ4v) is 7.87. The Hall–Kier alpha value is -6.24. The molecule has 0 fully saturated rings. The van der Waals surface area contributed by atoms with Gasteiger partial charge in [0, 0.05) is 0 Å². The average molecular weight is 607 g/mol. The molecule has 0 heteroatoms. The predicted octanol–water partition coefficient (Wildman–Crippen LogP) is 13.6. The summed E-state index contributed by atoms with van der Waals surface area (Å²) in [4.78, 5) is 0. The molecule has 222 valence electrons. The minimum absolute atomic E-state index is 1.23. The smallest absolute Gasteiger partial charge is 0.00206 e. The first-order valence-corrected chi connectivity index (χ1v) is 16.7. The van der Waals surface area contributed by atoms with Crippen LogP contribution in [0.25, 0.3) is 98.0 Å². The van der Waals surface area contributed by atoms with Crippen LogP contribution in [0, 0.1) is 0 Å². The van der Waals surface area contributed by atoms with Crippen molar-refractivity contribution < 1.29 is 0 Å². The Kier molecular flexibility index (Phi) is 5.98. The zero-order valence-electron chi connectivity index (χ0n) is 26.3. The second-order valence-corrected chi connectivity index (χ2v) is 12.9. The van der Waals surface area contributed by atoms with E-state index in [9.17, 15) is 0 Å². The van der Waals surface area contributed by atoms with Crippen LogP contribution in [0.15, 0.2) is 182 Å². The maximum absolute atomic E-state index is 2.41. The van der Waals surface area contributed by atoms with Gasteiger partial charge in [-0.2, -0.15) is 0 Å². The molecule has 0 aliphatic heterocycles. The standard InChI is InChI=1S/C48H30/c1-5-15-40-31(10-1)14-9-19-41(40)37-22-20-34-27-38(23-21-33(34)26-37)46-30-39(28-35-12-3-6-16-42(35)46)47-29-36-13-4-8-18-44(36)48-43-17-7-2-11-32(43)24-25-45(47)48/h1-30H. The molecule has 0 atom stereocenters. The quantitative estimate of drug-likeness (QED) is 0.176. The van der Waals surface area contributed by atoms with Gasteiger partial charge in [0.2, 0.25) is 0 Å². The molecular weight excluding hydrogens is 577 g/mol. The molecule has 0 aliphatic rings. The van der Waals surface area contributed by atoms with E-state index in [1.165, 1.54) is 98.0 Å². The minimum atomic E-state index is 1.23. The van der Waals surface area contributed by atoms with Crippen LogP contribution >= 0.6 is 0 Å². The molecule has 10 aromatic carbocycles. The Morgan fingerprint density at radius 2 is 0.667 bits per heavy atom. The highest BCUT2D eigenvalue weighted by molar-refractivity contribution is 6.24. The van der Waals surface area contributed by atoms with E-state index in [0.717, 1.165) is 0 Å². The first kappa shape index (κ1) is 26.9. The van der Waals surface area contributed by atoms with Crippen LogP contribution in [0.2, 0.25) is 0 Å². The van der Waals surface area contributed by atoms with E-state index in [4.69, 9.17) is 0 Å². The molecule has 0 bridgehead atoms. The van der Waals surface area contributed by atoms with Gasteiger partial charge in [0.15, 0.2) is 0 Å². The summed E-state index contributed by atoms with van der Waals surface area (Å²) in [5, 5.41) is 15.3. The summed E-state index contributed by atoms with van der Waals surface area (Å²) in [6.07, 6.45) is 0. The molecule has 0 heterocycles. The van der Waals surface area contributed by atoms with Crippen molar-refractivity contribution >= 4 is 64.6 Å². The highest BCUT2D eigenvalue weighted by Crippen LogP contribution is 2.42. The van der Waals surface area contributed by atoms with Crippen LogP contribution in [0.3, 0.4) is 0 Å². The van der Waals surface area contributed by atoms with Gasteiger partial charge in [0.05, 0.1) is 0 Å². The molecule has 0 N–H and O–H groups in total. The van der Waals surface area contributed by atoms with Crippen LogP contribution in [0.5, 0.6) is 0 Å². The van der Waals surface area contributed by atoms with E-state index in [2.05, 4.69) is 182 Å². The number of benzene rings is 10. The molecule has 10 rings (SSSR count). The van der Waals surface area contributed by atoms with Crippen molar-refractivity contribution in [3.63, 3.8) is 0 Å². The van der Waals surface area contributed by atoms with Crippen LogP contribution in [0.4, 0.5) is 0 Å². The molecule has 10 aromatic rings. The summed E-state index contributed by atoms with van der Waals surface area (Å²) in [6.45, 7) is 0. The van der Waals surface area contributed by atoms with Gasteiger partial charge in [-0.15, -0.1) is 0 Å². The van der Waals surface area contributed by atoms with Crippen LogP contribution < -0.4 is 0 Å². The lowest BCUT2D eigenvalue weighted by Gasteiger charge is -2.16. The summed E-state index contributed by atoms with van der Waals surface area (Å²) >= 11 is 0. The van der Waals surface area contributed by atoms with Gasteiger partial charge < -0.3 is 0 Å². The molecule has 0 radical (unpaired) electrons. The summed E-state index contributed by atoms with van der Waals surface area (Å²) in [6, 6.07) is 67.2. The number of rotatable bonds is 3. The van der Waals surface area contributed by atoms with E-state index < -0.39 is 0 Å². The van der Waals surface area contributed by atoms with Gasteiger partial charge in [-0.05, 0) is 128 Å². The Morgan fingerprint density at radius 3 is 1.38 bits per heavy atom. The molecule has 48 heavy (non-hydrogen) atoms. The van der Waals surface area contributed by atoms with Crippen LogP contribution in [-0.4, -0.2) is 0 Å². The van der Waals surface area contributed by atoms with Gasteiger partial charge in [0.25, 0.3) is 0 Å². The Morgan fingerprint density at radius 1 is 0.208 bits per heavy atom. The predicted molar refractivity (Wildman–Crippen MR) is 208 cm³/mol. The third kappa shape index (κ3) is 4.24. The highest BCUT2D eigenvalue weighted by Gasteiger charge is 2.15. The fraction of sp³-hybridized carbons (Fsp3) is 0. The largest absolute Gasteiger partial charge is 0.0616 e. The van der Waals surface area contributed by atoms with Crippen LogP contribution in [-0.2, 0) is 0 Å². The third-order valence-electron chi connectivity index (χ3n) is 10.2. The average Bonchev–Trinajstić information content (AvgIpc) is 3.16. The maximum Gasteiger partial charge on any atom is -0.00206 e. The van der Waals surface area contributed by atoms with Gasteiger partial charge in [-0.3, -0.25) is 0 Å². The molecule has 0 saturated heterocycles. The minimum Gasteiger partial charge on any atom is -0.0616 e. The van der Waals surface area contributed by atoms with E-state index in [0.29, 0.717) is 0 Å². The second-order valence-electron chi connectivity index (χ2n) is 12.9. The van der Waals surface area contributed by atoms with E-state index in [1.54, 1.807) is 0 Å². The Balaban J connectivity index is 1.17. The lowest BCUT2D eigenvalue weighted by Crippen LogP contribution is -1.89. The number of hydrogen-bond donors (Lipinski definition) is 0. The van der Waals surface area contributed by atoms with Crippen LogP contribution in [0.1, 0.15) is 0 Å². The second kappa shape index (κ2) is 10.7. The van der Waals surface area contributed by atoms with Crippen molar-refractivity contribution in [3.05, 3.63) is 182 Å². The Bertz CT molecular complexity index is 2870. The van der Waals surface area contributed by atoms with Crippen molar-refractivity contribution in [1.82, 2.24) is 0 Å². The number of hydrogen-bond acceptors (Lipinski definition) is 0. The van der Waals surface area contributed by atoms with Gasteiger partial charge in [0.1, 0.15) is 0 Å². The molecular formula is C48H30. The first-order chi connectivity index (χ1) is 23.8. The monoisotopic (exact) mass is 606 g/mol. The van der Waals surface area contributed by atoms with Crippen molar-refractivity contribution in [2.24, 2.45) is 0 Å². The molecule has 0 saturated carbocycles. The molecule has 0 aliphatic carbocycles. The van der Waals surface area contributed by atoms with Gasteiger partial charge in [-0.25, -0.2) is 0 Å². The van der Waals surface area contributed by atoms with Crippen molar-refractivity contribution in [2.75, 3.05) is 0 Å². The zero-order chi connectivity index (χ0) is 31.6. The Labute approximate surface area is 279 Å². The fourth-order valence-electron chi connectivity index (χ4n) is 7.87. The zero-order valence-corrected chi connectivity index (χ0v) is 26.3. The maximum atomic E-state index is 2.41. The van der Waals surface area contributed by atoms with Gasteiger partial charge >= 0.3 is 0 Å². The summed E-state index contributed by atoms with van der Waals surface area (Å²) < 4.78 is 0. The highest BCUT2D eigenvalue weighted by atomic mass is 14.2. The van der Waals surface area contributed by atoms with E-state index in [-0.39, 0.29) is 0 Å². The summed E-state index contributed by atoms with van der Waals surface area (Å²) in [7, 11) is 0. The molecule has 0 amide bonds. The first-order valence-electron chi connectivity index (χ1n) is 16.7. The SMILES string of the molecule is c1ccc2c(-c3ccc4cc(-c5cc(-c6cc7ccccc7c7c6ccc6ccccc67)cc6ccccc56)ccc4c3)cccc2c1. The summed E-state index contributed by atoms with van der Waals surface area (Å²) in [5.41, 5.74) is 7.51. The summed E-state index contributed by atoms with van der Waals surface area (Å²) in [5.74, 6) is 0. The lowest BCUT2D eigenvalue weighted by molar-refractivity contribution is 1.65. The van der Waals surface area contributed by atoms with Gasteiger partial charge in [-0.1, -0.05) is 152 Å².